The van der Waals surface area contributed by atoms with Crippen LogP contribution in [-0.2, 0) is 5.41 Å². The summed E-state index contributed by atoms with van der Waals surface area (Å²) in [5.41, 5.74) is 1.02. The molecule has 0 aromatic heterocycles. The lowest BCUT2D eigenvalue weighted by Crippen LogP contribution is -2.54. The molecular weight excluding hydrogens is 395 g/mol. The van der Waals surface area contributed by atoms with Gasteiger partial charge in [0.25, 0.3) is 11.8 Å². The van der Waals surface area contributed by atoms with E-state index < -0.39 is 11.4 Å². The molecule has 28 heavy (non-hydrogen) atoms. The number of halogens is 2. The van der Waals surface area contributed by atoms with E-state index >= 15 is 0 Å². The third kappa shape index (κ3) is 4.86. The zero-order valence-electron chi connectivity index (χ0n) is 17.1. The van der Waals surface area contributed by atoms with E-state index in [2.05, 4.69) is 20.8 Å². The van der Waals surface area contributed by atoms with E-state index in [0.29, 0.717) is 5.56 Å². The van der Waals surface area contributed by atoms with Crippen molar-refractivity contribution in [3.63, 3.8) is 0 Å². The molecule has 2 aromatic carbocycles. The summed E-state index contributed by atoms with van der Waals surface area (Å²) < 4.78 is 0.821. The molecule has 2 amide bonds. The number of rotatable bonds is 2. The third-order valence-electron chi connectivity index (χ3n) is 4.27. The fourth-order valence-electron chi connectivity index (χ4n) is 2.71. The van der Waals surface area contributed by atoms with Crippen molar-refractivity contribution in [1.29, 1.82) is 0 Å². The van der Waals surface area contributed by atoms with E-state index in [0.717, 1.165) is 10.1 Å². The number of amides is 2. The molecule has 2 aromatic rings. The molecule has 0 saturated carbocycles. The van der Waals surface area contributed by atoms with Crippen LogP contribution in [-0.4, -0.2) is 26.9 Å². The summed E-state index contributed by atoms with van der Waals surface area (Å²) in [6, 6.07) is 13.9. The monoisotopic (exact) mass is 420 g/mol. The summed E-state index contributed by atoms with van der Waals surface area (Å²) in [7, 11) is 0. The van der Waals surface area contributed by atoms with Crippen molar-refractivity contribution in [3.05, 3.63) is 70.2 Å². The van der Waals surface area contributed by atoms with Crippen molar-refractivity contribution in [2.24, 2.45) is 0 Å². The SMILES string of the molecule is CC(C)(C)c1ccc(C(=O)N(N(Cl)C(=O)c2ccccc2Cl)C(C)(C)C)cc1. The summed E-state index contributed by atoms with van der Waals surface area (Å²) >= 11 is 12.5. The number of carbonyl (C=O) groups excluding carboxylic acids is 2. The summed E-state index contributed by atoms with van der Waals surface area (Å²) in [5.74, 6) is -0.940. The van der Waals surface area contributed by atoms with Gasteiger partial charge in [0.2, 0.25) is 0 Å². The van der Waals surface area contributed by atoms with Crippen LogP contribution in [0.5, 0.6) is 0 Å². The molecule has 0 heterocycles. The van der Waals surface area contributed by atoms with Crippen LogP contribution in [0.1, 0.15) is 67.8 Å². The van der Waals surface area contributed by atoms with Crippen LogP contribution in [0.2, 0.25) is 5.02 Å². The number of hydrazine groups is 1. The molecule has 4 nitrogen and oxygen atoms in total. The zero-order valence-corrected chi connectivity index (χ0v) is 18.6. The van der Waals surface area contributed by atoms with E-state index in [-0.39, 0.29) is 21.9 Å². The average molecular weight is 421 g/mol. The van der Waals surface area contributed by atoms with Gasteiger partial charge >= 0.3 is 0 Å². The lowest BCUT2D eigenvalue weighted by Gasteiger charge is -2.39. The summed E-state index contributed by atoms with van der Waals surface area (Å²) in [4.78, 5) is 26.1. The second-order valence-corrected chi connectivity index (χ2v) is 9.39. The average Bonchev–Trinajstić information content (AvgIpc) is 2.59. The highest BCUT2D eigenvalue weighted by Crippen LogP contribution is 2.27. The van der Waals surface area contributed by atoms with Crippen LogP contribution >= 0.6 is 23.4 Å². The van der Waals surface area contributed by atoms with Gasteiger partial charge in [0, 0.05) is 17.3 Å². The van der Waals surface area contributed by atoms with Gasteiger partial charge in [0.1, 0.15) is 0 Å². The van der Waals surface area contributed by atoms with Gasteiger partial charge < -0.3 is 0 Å². The van der Waals surface area contributed by atoms with Crippen molar-refractivity contribution in [2.45, 2.75) is 52.5 Å². The maximum absolute atomic E-state index is 13.2. The van der Waals surface area contributed by atoms with Gasteiger partial charge in [-0.3, -0.25) is 9.59 Å². The van der Waals surface area contributed by atoms with Crippen molar-refractivity contribution in [3.8, 4) is 0 Å². The Bertz CT molecular complexity index is 865. The van der Waals surface area contributed by atoms with Crippen LogP contribution in [0, 0.1) is 0 Å². The third-order valence-corrected chi connectivity index (χ3v) is 4.91. The van der Waals surface area contributed by atoms with E-state index in [1.165, 1.54) is 5.01 Å². The topological polar surface area (TPSA) is 40.6 Å². The van der Waals surface area contributed by atoms with Gasteiger partial charge in [-0.25, -0.2) is 5.01 Å². The first-order valence-electron chi connectivity index (χ1n) is 9.04. The molecule has 150 valence electrons. The van der Waals surface area contributed by atoms with Crippen molar-refractivity contribution < 1.29 is 9.59 Å². The second kappa shape index (κ2) is 8.14. The molecule has 6 heteroatoms. The molecule has 0 spiro atoms. The summed E-state index contributed by atoms with van der Waals surface area (Å²) in [6.45, 7) is 11.7. The molecule has 0 bridgehead atoms. The molecule has 0 aliphatic heterocycles. The molecule has 0 radical (unpaired) electrons. The van der Waals surface area contributed by atoms with Crippen LogP contribution in [0.15, 0.2) is 48.5 Å². The molecular formula is C22H26Cl2N2O2. The molecule has 0 unspecified atom stereocenters. The maximum atomic E-state index is 13.2. The standard InChI is InChI=1S/C22H26Cl2N2O2/c1-21(2,3)16-13-11-15(12-14-16)19(27)25(22(4,5)6)26(24)20(28)17-9-7-8-10-18(17)23/h7-14H,1-6H3. The van der Waals surface area contributed by atoms with Crippen LogP contribution in [0.3, 0.4) is 0 Å². The van der Waals surface area contributed by atoms with E-state index in [1.807, 2.05) is 32.9 Å². The molecule has 0 atom stereocenters. The van der Waals surface area contributed by atoms with E-state index in [9.17, 15) is 9.59 Å². The minimum Gasteiger partial charge on any atom is -0.267 e. The van der Waals surface area contributed by atoms with E-state index in [4.69, 9.17) is 23.4 Å². The van der Waals surface area contributed by atoms with Gasteiger partial charge in [-0.15, -0.1) is 0 Å². The largest absolute Gasteiger partial charge is 0.289 e. The fraction of sp³-hybridized carbons (Fsp3) is 0.364. The second-order valence-electron chi connectivity index (χ2n) is 8.66. The predicted molar refractivity (Wildman–Crippen MR) is 115 cm³/mol. The van der Waals surface area contributed by atoms with E-state index in [1.54, 1.807) is 36.4 Å². The summed E-state index contributed by atoms with van der Waals surface area (Å²) in [6.07, 6.45) is 0. The minimum atomic E-state index is -0.738. The first-order chi connectivity index (χ1) is 12.8. The Morgan fingerprint density at radius 2 is 1.36 bits per heavy atom. The Hall–Kier alpha value is -2.04. The Balaban J connectivity index is 2.39. The van der Waals surface area contributed by atoms with Gasteiger partial charge in [0.15, 0.2) is 0 Å². The highest BCUT2D eigenvalue weighted by molar-refractivity contribution is 6.35. The van der Waals surface area contributed by atoms with Gasteiger partial charge in [-0.05, 0) is 56.0 Å². The number of hydrogen-bond acceptors (Lipinski definition) is 2. The van der Waals surface area contributed by atoms with Gasteiger partial charge in [-0.1, -0.05) is 56.6 Å². The molecule has 0 fully saturated rings. The number of carbonyl (C=O) groups is 2. The molecule has 0 N–H and O–H groups in total. The Morgan fingerprint density at radius 1 is 0.821 bits per heavy atom. The quantitative estimate of drug-likeness (QED) is 0.435. The molecule has 0 saturated heterocycles. The number of benzene rings is 2. The molecule has 0 aliphatic carbocycles. The lowest BCUT2D eigenvalue weighted by molar-refractivity contribution is -0.00370. The summed E-state index contributed by atoms with van der Waals surface area (Å²) in [5, 5.41) is 1.51. The minimum absolute atomic E-state index is 0.0240. The van der Waals surface area contributed by atoms with Crippen LogP contribution in [0.25, 0.3) is 0 Å². The number of hydrogen-bond donors (Lipinski definition) is 0. The van der Waals surface area contributed by atoms with Crippen LogP contribution < -0.4 is 0 Å². The lowest BCUT2D eigenvalue weighted by atomic mass is 9.86. The predicted octanol–water partition coefficient (Wildman–Crippen LogP) is 6.09. The normalized spacial score (nSPS) is 11.9. The highest BCUT2D eigenvalue weighted by atomic mass is 35.5. The smallest absolute Gasteiger partial charge is 0.267 e. The molecule has 0 aliphatic rings. The highest BCUT2D eigenvalue weighted by Gasteiger charge is 2.36. The van der Waals surface area contributed by atoms with Crippen LogP contribution in [0.4, 0.5) is 0 Å². The van der Waals surface area contributed by atoms with Crippen molar-refractivity contribution in [2.75, 3.05) is 0 Å². The van der Waals surface area contributed by atoms with Crippen molar-refractivity contribution >= 4 is 35.2 Å². The molecule has 2 rings (SSSR count). The Morgan fingerprint density at radius 3 is 1.82 bits per heavy atom. The maximum Gasteiger partial charge on any atom is 0.289 e. The first-order valence-corrected chi connectivity index (χ1v) is 9.75. The van der Waals surface area contributed by atoms with Gasteiger partial charge in [0.05, 0.1) is 16.1 Å². The fourth-order valence-corrected chi connectivity index (χ4v) is 3.31. The van der Waals surface area contributed by atoms with Crippen molar-refractivity contribution in [1.82, 2.24) is 9.54 Å². The first kappa shape index (κ1) is 22.3. The zero-order chi connectivity index (χ0) is 21.3. The number of nitrogens with zero attached hydrogens (tertiary/aromatic N) is 2. The Labute approximate surface area is 177 Å². The Kier molecular flexibility index (Phi) is 6.47. The van der Waals surface area contributed by atoms with Gasteiger partial charge in [-0.2, -0.15) is 4.53 Å².